The molecular formula is C18H10F4O3S. The van der Waals surface area contributed by atoms with E-state index in [-0.39, 0.29) is 5.75 Å². The lowest BCUT2D eigenvalue weighted by Crippen LogP contribution is -2.07. The molecule has 0 amide bonds. The Morgan fingerprint density at radius 1 is 0.923 bits per heavy atom. The maximum absolute atomic E-state index is 14.0. The molecule has 26 heavy (non-hydrogen) atoms. The molecule has 0 saturated carbocycles. The minimum atomic E-state index is -3.24. The van der Waals surface area contributed by atoms with E-state index < -0.39 is 45.0 Å². The minimum Gasteiger partial charge on any atom is -0.451 e. The predicted octanol–water partition coefficient (Wildman–Crippen LogP) is 5.41. The predicted molar refractivity (Wildman–Crippen MR) is 89.4 cm³/mol. The summed E-state index contributed by atoms with van der Waals surface area (Å²) in [6.45, 7) is 3.65. The van der Waals surface area contributed by atoms with Gasteiger partial charge in [-0.3, -0.25) is 0 Å². The van der Waals surface area contributed by atoms with E-state index in [1.807, 2.05) is 6.07 Å². The number of rotatable bonds is 4. The average molecular weight is 382 g/mol. The van der Waals surface area contributed by atoms with Crippen molar-refractivity contribution in [3.05, 3.63) is 71.8 Å². The van der Waals surface area contributed by atoms with Gasteiger partial charge in [-0.25, -0.2) is 13.0 Å². The van der Waals surface area contributed by atoms with Gasteiger partial charge in [0, 0.05) is 0 Å². The van der Waals surface area contributed by atoms with Crippen molar-refractivity contribution in [3.63, 3.8) is 0 Å². The van der Waals surface area contributed by atoms with Gasteiger partial charge in [0.1, 0.15) is 10.6 Å². The van der Waals surface area contributed by atoms with Crippen molar-refractivity contribution in [2.75, 3.05) is 0 Å². The fourth-order valence-electron chi connectivity index (χ4n) is 2.38. The quantitative estimate of drug-likeness (QED) is 0.373. The molecule has 0 spiro atoms. The van der Waals surface area contributed by atoms with Gasteiger partial charge in [0.15, 0.2) is 22.7 Å². The molecule has 0 saturated heterocycles. The van der Waals surface area contributed by atoms with Crippen LogP contribution in [-0.2, 0) is 11.1 Å². The first kappa shape index (κ1) is 18.1. The van der Waals surface area contributed by atoms with E-state index in [9.17, 15) is 21.8 Å². The van der Waals surface area contributed by atoms with Crippen molar-refractivity contribution in [1.82, 2.24) is 0 Å². The topological polar surface area (TPSA) is 46.5 Å². The molecule has 0 aliphatic rings. The summed E-state index contributed by atoms with van der Waals surface area (Å²) in [6, 6.07) is 9.67. The summed E-state index contributed by atoms with van der Waals surface area (Å²) in [7, 11) is 0. The highest BCUT2D eigenvalue weighted by atomic mass is 32.2. The molecular weight excluding hydrogens is 372 g/mol. The van der Waals surface area contributed by atoms with E-state index in [4.69, 9.17) is 9.29 Å². The Balaban J connectivity index is 2.07. The first-order valence-electron chi connectivity index (χ1n) is 7.14. The van der Waals surface area contributed by atoms with E-state index in [0.717, 1.165) is 10.9 Å². The molecule has 0 aromatic heterocycles. The number of hydrogen-bond acceptors (Lipinski definition) is 2. The van der Waals surface area contributed by atoms with Crippen LogP contribution in [0, 0.1) is 23.3 Å². The van der Waals surface area contributed by atoms with Crippen molar-refractivity contribution in [2.45, 2.75) is 4.90 Å². The third-order valence-corrected chi connectivity index (χ3v) is 4.36. The van der Waals surface area contributed by atoms with Crippen molar-refractivity contribution in [3.8, 4) is 11.5 Å². The molecule has 0 aliphatic carbocycles. The molecule has 0 aliphatic heterocycles. The minimum absolute atomic E-state index is 0.0710. The first-order chi connectivity index (χ1) is 12.3. The highest BCUT2D eigenvalue weighted by molar-refractivity contribution is 7.79. The monoisotopic (exact) mass is 382 g/mol. The van der Waals surface area contributed by atoms with Crippen molar-refractivity contribution in [2.24, 2.45) is 0 Å². The maximum Gasteiger partial charge on any atom is 0.205 e. The van der Waals surface area contributed by atoms with Crippen LogP contribution in [0.25, 0.3) is 16.8 Å². The number of hydrogen-bond donors (Lipinski definition) is 1. The summed E-state index contributed by atoms with van der Waals surface area (Å²) in [5, 5.41) is 1.45. The molecule has 0 heterocycles. The Kier molecular flexibility index (Phi) is 4.80. The number of ether oxygens (including phenoxy) is 1. The van der Waals surface area contributed by atoms with Crippen LogP contribution in [0.1, 0.15) is 5.56 Å². The zero-order valence-corrected chi connectivity index (χ0v) is 13.7. The highest BCUT2D eigenvalue weighted by Crippen LogP contribution is 2.35. The van der Waals surface area contributed by atoms with E-state index in [2.05, 4.69) is 6.58 Å². The Morgan fingerprint density at radius 2 is 1.50 bits per heavy atom. The Labute approximate surface area is 147 Å². The van der Waals surface area contributed by atoms with Crippen LogP contribution in [0.5, 0.6) is 11.5 Å². The zero-order chi connectivity index (χ0) is 19.0. The third kappa shape index (κ3) is 3.09. The molecule has 3 nitrogen and oxygen atoms in total. The Hall–Kier alpha value is -2.71. The first-order valence-corrected chi connectivity index (χ1v) is 8.25. The van der Waals surface area contributed by atoms with Crippen LogP contribution >= 0.6 is 0 Å². The molecule has 3 aromatic carbocycles. The van der Waals surface area contributed by atoms with Crippen molar-refractivity contribution < 1.29 is 31.1 Å². The largest absolute Gasteiger partial charge is 0.451 e. The van der Waals surface area contributed by atoms with E-state index in [1.165, 1.54) is 12.1 Å². The fraction of sp³-hybridized carbons (Fsp3) is 0. The molecule has 8 heteroatoms. The molecule has 3 aromatic rings. The third-order valence-electron chi connectivity index (χ3n) is 3.65. The van der Waals surface area contributed by atoms with E-state index in [1.54, 1.807) is 24.3 Å². The summed E-state index contributed by atoms with van der Waals surface area (Å²) >= 11 is -3.24. The van der Waals surface area contributed by atoms with Gasteiger partial charge in [-0.15, -0.1) is 0 Å². The summed E-state index contributed by atoms with van der Waals surface area (Å²) in [5.41, 5.74) is 0.861. The van der Waals surface area contributed by atoms with Crippen LogP contribution in [0.4, 0.5) is 17.6 Å². The number of fused-ring (bicyclic) bond motifs is 1. The molecule has 134 valence electrons. The maximum atomic E-state index is 14.0. The van der Waals surface area contributed by atoms with Gasteiger partial charge in [-0.1, -0.05) is 30.9 Å². The van der Waals surface area contributed by atoms with E-state index in [0.29, 0.717) is 5.39 Å². The van der Waals surface area contributed by atoms with Gasteiger partial charge in [0.25, 0.3) is 0 Å². The lowest BCUT2D eigenvalue weighted by Gasteiger charge is -2.12. The Bertz CT molecular complexity index is 1040. The summed E-state index contributed by atoms with van der Waals surface area (Å²) < 4.78 is 80.2. The van der Waals surface area contributed by atoms with Crippen molar-refractivity contribution >= 4 is 27.9 Å². The SMILES string of the molecule is C=Cc1ccc2cc(Oc3c(F)c(F)c(S(=O)O)c(F)c3F)ccc2c1. The Morgan fingerprint density at radius 3 is 2.08 bits per heavy atom. The van der Waals surface area contributed by atoms with Crippen LogP contribution in [0.15, 0.2) is 47.9 Å². The molecule has 1 unspecified atom stereocenters. The zero-order valence-electron chi connectivity index (χ0n) is 12.9. The standard InChI is InChI=1S/C18H10F4O3S/c1-2-9-3-4-11-8-12(6-5-10(11)7-9)25-17-13(19)15(21)18(26(23)24)16(22)14(17)20/h2-8H,1H2,(H,23,24). The molecule has 1 N–H and O–H groups in total. The fourth-order valence-corrected chi connectivity index (χ4v) is 2.87. The summed E-state index contributed by atoms with van der Waals surface area (Å²) in [5.74, 6) is -9.19. The van der Waals surface area contributed by atoms with Gasteiger partial charge in [-0.2, -0.15) is 8.78 Å². The normalized spacial score (nSPS) is 12.2. The molecule has 0 radical (unpaired) electrons. The second-order valence-corrected chi connectivity index (χ2v) is 6.14. The van der Waals surface area contributed by atoms with Gasteiger partial charge in [0.2, 0.25) is 17.4 Å². The lowest BCUT2D eigenvalue weighted by atomic mass is 10.1. The van der Waals surface area contributed by atoms with Crippen molar-refractivity contribution in [1.29, 1.82) is 0 Å². The van der Waals surface area contributed by atoms with Gasteiger partial charge < -0.3 is 9.29 Å². The van der Waals surface area contributed by atoms with Gasteiger partial charge in [-0.05, 0) is 34.5 Å². The summed E-state index contributed by atoms with van der Waals surface area (Å²) in [6.07, 6.45) is 1.65. The molecule has 1 atom stereocenters. The highest BCUT2D eigenvalue weighted by Gasteiger charge is 2.30. The molecule has 3 rings (SSSR count). The van der Waals surface area contributed by atoms with Crippen LogP contribution in [-0.4, -0.2) is 8.76 Å². The molecule has 0 fully saturated rings. The second-order valence-electron chi connectivity index (χ2n) is 5.24. The van der Waals surface area contributed by atoms with Crippen LogP contribution in [0.2, 0.25) is 0 Å². The average Bonchev–Trinajstić information content (AvgIpc) is 2.63. The molecule has 0 bridgehead atoms. The van der Waals surface area contributed by atoms with E-state index >= 15 is 0 Å². The second kappa shape index (κ2) is 6.89. The van der Waals surface area contributed by atoms with Gasteiger partial charge in [0.05, 0.1) is 0 Å². The smallest absolute Gasteiger partial charge is 0.205 e. The number of benzene rings is 3. The number of halogens is 4. The lowest BCUT2D eigenvalue weighted by molar-refractivity contribution is 0.350. The van der Waals surface area contributed by atoms with Crippen LogP contribution in [0.3, 0.4) is 0 Å². The summed E-state index contributed by atoms with van der Waals surface area (Å²) in [4.78, 5) is -1.61. The van der Waals surface area contributed by atoms with Crippen LogP contribution < -0.4 is 4.74 Å². The van der Waals surface area contributed by atoms with Gasteiger partial charge >= 0.3 is 0 Å².